The lowest BCUT2D eigenvalue weighted by Gasteiger charge is -2.13. The van der Waals surface area contributed by atoms with Crippen LogP contribution in [0.1, 0.15) is 39.5 Å². The molecule has 0 bridgehead atoms. The highest BCUT2D eigenvalue weighted by molar-refractivity contribution is 5.75. The van der Waals surface area contributed by atoms with E-state index in [1.54, 1.807) is 0 Å². The van der Waals surface area contributed by atoms with Gasteiger partial charge in [0.05, 0.1) is 19.1 Å². The van der Waals surface area contributed by atoms with Gasteiger partial charge in [-0.05, 0) is 6.42 Å². The zero-order valence-electron chi connectivity index (χ0n) is 10.5. The number of aliphatic hydroxyl groups is 1. The molecular formula is C12H25NO3. The number of aliphatic hydroxyl groups excluding tert-OH is 1. The normalized spacial score (nSPS) is 12.4. The minimum absolute atomic E-state index is 0.0299. The molecule has 4 nitrogen and oxygen atoms in total. The van der Waals surface area contributed by atoms with E-state index in [-0.39, 0.29) is 25.0 Å². The summed E-state index contributed by atoms with van der Waals surface area (Å²) in [7, 11) is 0. The molecule has 4 heteroatoms. The summed E-state index contributed by atoms with van der Waals surface area (Å²) in [6.45, 7) is 5.51. The van der Waals surface area contributed by atoms with Gasteiger partial charge < -0.3 is 14.6 Å². The van der Waals surface area contributed by atoms with E-state index in [1.165, 1.54) is 19.3 Å². The fourth-order valence-electron chi connectivity index (χ4n) is 1.26. The van der Waals surface area contributed by atoms with E-state index in [1.807, 2.05) is 6.92 Å². The molecule has 1 atom stereocenters. The number of hydrogen-bond acceptors (Lipinski definition) is 4. The molecule has 0 aromatic heterocycles. The zero-order chi connectivity index (χ0) is 12.2. The maximum Gasteiger partial charge on any atom is 0.185 e. The second-order valence-corrected chi connectivity index (χ2v) is 3.97. The molecule has 1 unspecified atom stereocenters. The summed E-state index contributed by atoms with van der Waals surface area (Å²) < 4.78 is 10.5. The molecule has 0 spiro atoms. The number of ether oxygens (including phenoxy) is 2. The van der Waals surface area contributed by atoms with E-state index in [2.05, 4.69) is 6.92 Å². The lowest BCUT2D eigenvalue weighted by Crippen LogP contribution is -2.20. The van der Waals surface area contributed by atoms with Crippen molar-refractivity contribution in [2.75, 3.05) is 26.4 Å². The predicted octanol–water partition coefficient (Wildman–Crippen LogP) is 2.21. The molecule has 0 aromatic carbocycles. The molecule has 0 aliphatic carbocycles. The molecule has 0 radical (unpaired) electrons. The van der Waals surface area contributed by atoms with E-state index >= 15 is 0 Å². The Bertz CT molecular complexity index is 174. The third-order valence-electron chi connectivity index (χ3n) is 2.31. The van der Waals surface area contributed by atoms with Gasteiger partial charge in [0.25, 0.3) is 0 Å². The summed E-state index contributed by atoms with van der Waals surface area (Å²) in [4.78, 5) is 0. The van der Waals surface area contributed by atoms with Gasteiger partial charge in [0.1, 0.15) is 6.61 Å². The molecule has 0 aromatic rings. The smallest absolute Gasteiger partial charge is 0.185 e. The molecule has 0 saturated carbocycles. The lowest BCUT2D eigenvalue weighted by atomic mass is 10.2. The van der Waals surface area contributed by atoms with Crippen LogP contribution in [-0.2, 0) is 9.47 Å². The monoisotopic (exact) mass is 231 g/mol. The van der Waals surface area contributed by atoms with Crippen LogP contribution in [0.4, 0.5) is 0 Å². The third-order valence-corrected chi connectivity index (χ3v) is 2.31. The van der Waals surface area contributed by atoms with Crippen LogP contribution in [0.25, 0.3) is 0 Å². The first-order valence-corrected chi connectivity index (χ1v) is 6.12. The number of nitrogens with one attached hydrogen (secondary N) is 1. The van der Waals surface area contributed by atoms with Crippen LogP contribution in [0.15, 0.2) is 0 Å². The van der Waals surface area contributed by atoms with Gasteiger partial charge in [-0.15, -0.1) is 0 Å². The topological polar surface area (TPSA) is 62.5 Å². The summed E-state index contributed by atoms with van der Waals surface area (Å²) in [6.07, 6.45) is 4.79. The molecule has 16 heavy (non-hydrogen) atoms. The van der Waals surface area contributed by atoms with Crippen LogP contribution in [-0.4, -0.2) is 37.4 Å². The summed E-state index contributed by atoms with van der Waals surface area (Å²) in [6, 6.07) is 0. The van der Waals surface area contributed by atoms with Gasteiger partial charge >= 0.3 is 0 Å². The van der Waals surface area contributed by atoms with Gasteiger partial charge in [-0.2, -0.15) is 0 Å². The van der Waals surface area contributed by atoms with Gasteiger partial charge in [-0.25, -0.2) is 0 Å². The first kappa shape index (κ1) is 15.4. The summed E-state index contributed by atoms with van der Waals surface area (Å²) in [5.74, 6) is 0.167. The van der Waals surface area contributed by atoms with Crippen LogP contribution in [0.2, 0.25) is 0 Å². The molecule has 0 rings (SSSR count). The van der Waals surface area contributed by atoms with Crippen molar-refractivity contribution in [3.63, 3.8) is 0 Å². The van der Waals surface area contributed by atoms with Gasteiger partial charge in [0, 0.05) is 6.61 Å². The van der Waals surface area contributed by atoms with E-state index in [0.29, 0.717) is 6.61 Å². The van der Waals surface area contributed by atoms with Crippen LogP contribution in [0.3, 0.4) is 0 Å². The predicted molar refractivity (Wildman–Crippen MR) is 64.9 cm³/mol. The van der Waals surface area contributed by atoms with Crippen molar-refractivity contribution in [1.82, 2.24) is 0 Å². The fraction of sp³-hybridized carbons (Fsp3) is 0.917. The minimum atomic E-state index is -0.0486. The van der Waals surface area contributed by atoms with E-state index in [4.69, 9.17) is 20.0 Å². The molecule has 0 aliphatic heterocycles. The summed E-state index contributed by atoms with van der Waals surface area (Å²) >= 11 is 0. The molecule has 0 aliphatic rings. The maximum absolute atomic E-state index is 8.54. The molecule has 0 amide bonds. The van der Waals surface area contributed by atoms with Gasteiger partial charge in [0.2, 0.25) is 0 Å². The Balaban J connectivity index is 3.35. The van der Waals surface area contributed by atoms with Crippen LogP contribution < -0.4 is 0 Å². The van der Waals surface area contributed by atoms with Crippen molar-refractivity contribution >= 4 is 5.90 Å². The molecule has 0 fully saturated rings. The lowest BCUT2D eigenvalue weighted by molar-refractivity contribution is 0.105. The zero-order valence-corrected chi connectivity index (χ0v) is 10.5. The van der Waals surface area contributed by atoms with Crippen molar-refractivity contribution in [2.45, 2.75) is 39.5 Å². The summed E-state index contributed by atoms with van der Waals surface area (Å²) in [5, 5.41) is 16.1. The Hall–Kier alpha value is -0.610. The van der Waals surface area contributed by atoms with Crippen LogP contribution in [0.5, 0.6) is 0 Å². The first-order valence-electron chi connectivity index (χ1n) is 6.12. The van der Waals surface area contributed by atoms with Crippen LogP contribution >= 0.6 is 0 Å². The standard InChI is InChI=1S/C12H25NO3/c1-3-4-5-6-8-15-10-11(2)12(13)16-9-7-14/h11,13-14H,3-10H2,1-2H3. The number of rotatable bonds is 10. The Labute approximate surface area is 98.5 Å². The average Bonchev–Trinajstić information content (AvgIpc) is 2.30. The van der Waals surface area contributed by atoms with Crippen molar-refractivity contribution in [2.24, 2.45) is 5.92 Å². The quantitative estimate of drug-likeness (QED) is 0.344. The Morgan fingerprint density at radius 1 is 1.25 bits per heavy atom. The van der Waals surface area contributed by atoms with E-state index < -0.39 is 0 Å². The van der Waals surface area contributed by atoms with Crippen molar-refractivity contribution in [3.05, 3.63) is 0 Å². The fourth-order valence-corrected chi connectivity index (χ4v) is 1.26. The minimum Gasteiger partial charge on any atom is -0.478 e. The van der Waals surface area contributed by atoms with Crippen LogP contribution in [0, 0.1) is 11.3 Å². The second-order valence-electron chi connectivity index (χ2n) is 3.97. The molecule has 2 N–H and O–H groups in total. The van der Waals surface area contributed by atoms with Gasteiger partial charge in [-0.1, -0.05) is 33.1 Å². The highest BCUT2D eigenvalue weighted by Gasteiger charge is 2.09. The highest BCUT2D eigenvalue weighted by atomic mass is 16.5. The SMILES string of the molecule is CCCCCCOCC(C)C(=N)OCCO. The van der Waals surface area contributed by atoms with Crippen molar-refractivity contribution < 1.29 is 14.6 Å². The highest BCUT2D eigenvalue weighted by Crippen LogP contribution is 2.03. The van der Waals surface area contributed by atoms with Crippen molar-refractivity contribution in [3.8, 4) is 0 Å². The molecule has 0 saturated heterocycles. The summed E-state index contributed by atoms with van der Waals surface area (Å²) in [5.41, 5.74) is 0. The molecular weight excluding hydrogens is 206 g/mol. The Kier molecular flexibility index (Phi) is 10.5. The number of unbranched alkanes of at least 4 members (excludes halogenated alkanes) is 3. The first-order chi connectivity index (χ1) is 7.72. The van der Waals surface area contributed by atoms with Gasteiger partial charge in [-0.3, -0.25) is 5.41 Å². The third kappa shape index (κ3) is 8.68. The van der Waals surface area contributed by atoms with Crippen molar-refractivity contribution in [1.29, 1.82) is 5.41 Å². The Morgan fingerprint density at radius 2 is 2.00 bits per heavy atom. The molecule has 96 valence electrons. The Morgan fingerprint density at radius 3 is 2.62 bits per heavy atom. The largest absolute Gasteiger partial charge is 0.478 e. The number of hydrogen-bond donors (Lipinski definition) is 2. The molecule has 0 heterocycles. The van der Waals surface area contributed by atoms with Gasteiger partial charge in [0.15, 0.2) is 5.90 Å². The van der Waals surface area contributed by atoms with E-state index in [9.17, 15) is 0 Å². The second kappa shape index (κ2) is 10.9. The van der Waals surface area contributed by atoms with E-state index in [0.717, 1.165) is 13.0 Å². The maximum atomic E-state index is 8.54. The average molecular weight is 231 g/mol.